The van der Waals surface area contributed by atoms with Crippen molar-refractivity contribution in [2.75, 3.05) is 0 Å². The van der Waals surface area contributed by atoms with Crippen molar-refractivity contribution in [3.63, 3.8) is 0 Å². The first-order valence-electron chi connectivity index (χ1n) is 12.2. The molecule has 0 amide bonds. The summed E-state index contributed by atoms with van der Waals surface area (Å²) in [6.07, 6.45) is 11.3. The zero-order valence-electron chi connectivity index (χ0n) is 19.9. The van der Waals surface area contributed by atoms with Crippen molar-refractivity contribution in [3.05, 3.63) is 0 Å². The fourth-order valence-corrected chi connectivity index (χ4v) is 3.75. The number of hydrogen-bond donors (Lipinski definition) is 4. The van der Waals surface area contributed by atoms with Crippen LogP contribution in [-0.4, -0.2) is 56.0 Å². The van der Waals surface area contributed by atoms with Crippen molar-refractivity contribution in [1.29, 1.82) is 0 Å². The van der Waals surface area contributed by atoms with Crippen molar-refractivity contribution in [1.82, 2.24) is 0 Å². The molecule has 9 heteroatoms. The van der Waals surface area contributed by atoms with Gasteiger partial charge in [-0.2, -0.15) is 0 Å². The summed E-state index contributed by atoms with van der Waals surface area (Å²) in [7, 11) is 0. The van der Waals surface area contributed by atoms with Gasteiger partial charge < -0.3 is 25.2 Å². The second kappa shape index (κ2) is 18.3. The molecule has 0 aliphatic rings. The van der Waals surface area contributed by atoms with E-state index in [0.29, 0.717) is 6.42 Å². The molecule has 0 radical (unpaired) electrons. The maximum Gasteiger partial charge on any atom is 0.349 e. The number of unbranched alkanes of at least 4 members (excludes halogenated alkanes) is 10. The van der Waals surface area contributed by atoms with Gasteiger partial charge >= 0.3 is 23.9 Å². The van der Waals surface area contributed by atoms with Crippen LogP contribution >= 0.6 is 0 Å². The molecule has 0 fully saturated rings. The maximum absolute atomic E-state index is 12.0. The van der Waals surface area contributed by atoms with E-state index >= 15 is 0 Å². The van der Waals surface area contributed by atoms with Gasteiger partial charge in [-0.1, -0.05) is 77.6 Å². The minimum atomic E-state index is -2.60. The number of carbonyl (C=O) groups is 4. The second-order valence-electron chi connectivity index (χ2n) is 8.78. The molecule has 33 heavy (non-hydrogen) atoms. The topological polar surface area (TPSA) is 158 Å². The van der Waals surface area contributed by atoms with Crippen LogP contribution in [0.1, 0.15) is 116 Å². The molecular formula is C24H42O9. The first-order chi connectivity index (χ1) is 15.6. The Balaban J connectivity index is 3.94. The third kappa shape index (κ3) is 16.2. The number of aliphatic carboxylic acids is 3. The smallest absolute Gasteiger partial charge is 0.349 e. The van der Waals surface area contributed by atoms with Crippen LogP contribution in [0.25, 0.3) is 0 Å². The highest BCUT2D eigenvalue weighted by molar-refractivity contribution is 5.90. The fraction of sp³-hybridized carbons (Fsp3) is 0.833. The standard InChI is InChI=1S/C24H42O9/c1-2-3-4-11-14-19(25)15-12-9-7-5-6-8-10-13-16-22(30)33-24(23(31)32,17-20(26)27)18-21(28)29/h19,25H,2-18H2,1H3,(H,26,27)(H,28,29)(H,31,32). The third-order valence-electron chi connectivity index (χ3n) is 5.63. The van der Waals surface area contributed by atoms with Gasteiger partial charge in [0.2, 0.25) is 5.60 Å². The van der Waals surface area contributed by atoms with Gasteiger partial charge in [-0.15, -0.1) is 0 Å². The van der Waals surface area contributed by atoms with Crippen LogP contribution in [0.2, 0.25) is 0 Å². The average Bonchev–Trinajstić information content (AvgIpc) is 2.71. The lowest BCUT2D eigenvalue weighted by atomic mass is 9.95. The van der Waals surface area contributed by atoms with E-state index < -0.39 is 42.3 Å². The first-order valence-corrected chi connectivity index (χ1v) is 12.2. The number of carbonyl (C=O) groups excluding carboxylic acids is 1. The average molecular weight is 475 g/mol. The Hall–Kier alpha value is -2.16. The Bertz CT molecular complexity index is 572. The van der Waals surface area contributed by atoms with Crippen molar-refractivity contribution in [3.8, 4) is 0 Å². The molecule has 0 saturated carbocycles. The van der Waals surface area contributed by atoms with Crippen LogP contribution in [0.15, 0.2) is 0 Å². The highest BCUT2D eigenvalue weighted by Crippen LogP contribution is 2.24. The number of hydrogen-bond acceptors (Lipinski definition) is 6. The Labute approximate surface area is 196 Å². The lowest BCUT2D eigenvalue weighted by molar-refractivity contribution is -0.186. The van der Waals surface area contributed by atoms with Gasteiger partial charge in [-0.05, 0) is 19.3 Å². The van der Waals surface area contributed by atoms with Crippen LogP contribution in [0, 0.1) is 0 Å². The zero-order valence-corrected chi connectivity index (χ0v) is 19.9. The number of esters is 1. The van der Waals surface area contributed by atoms with Crippen molar-refractivity contribution < 1.29 is 44.3 Å². The molecule has 192 valence electrons. The van der Waals surface area contributed by atoms with E-state index in [-0.39, 0.29) is 12.5 Å². The number of rotatable bonds is 22. The van der Waals surface area contributed by atoms with E-state index in [1.54, 1.807) is 0 Å². The summed E-state index contributed by atoms with van der Waals surface area (Å²) in [6.45, 7) is 2.17. The van der Waals surface area contributed by atoms with E-state index in [4.69, 9.17) is 14.9 Å². The number of carboxylic acids is 3. The summed E-state index contributed by atoms with van der Waals surface area (Å²) < 4.78 is 4.83. The number of carboxylic acid groups (broad SMARTS) is 3. The molecule has 0 bridgehead atoms. The molecule has 0 spiro atoms. The van der Waals surface area contributed by atoms with Crippen molar-refractivity contribution in [2.45, 2.75) is 128 Å². The van der Waals surface area contributed by atoms with Crippen molar-refractivity contribution in [2.24, 2.45) is 0 Å². The minimum absolute atomic E-state index is 0.0928. The normalized spacial score (nSPS) is 12.3. The lowest BCUT2D eigenvalue weighted by Crippen LogP contribution is -2.47. The summed E-state index contributed by atoms with van der Waals surface area (Å²) in [5.74, 6) is -5.82. The van der Waals surface area contributed by atoms with Crippen LogP contribution in [-0.2, 0) is 23.9 Å². The quantitative estimate of drug-likeness (QED) is 0.130. The van der Waals surface area contributed by atoms with E-state index in [1.807, 2.05) is 0 Å². The van der Waals surface area contributed by atoms with Gasteiger partial charge in [0.25, 0.3) is 0 Å². The molecule has 0 aromatic rings. The molecule has 1 unspecified atom stereocenters. The highest BCUT2D eigenvalue weighted by atomic mass is 16.6. The summed E-state index contributed by atoms with van der Waals surface area (Å²) in [6, 6.07) is 0. The Morgan fingerprint density at radius 3 is 1.55 bits per heavy atom. The molecule has 0 saturated heterocycles. The van der Waals surface area contributed by atoms with Gasteiger partial charge in [0.15, 0.2) is 0 Å². The zero-order chi connectivity index (χ0) is 25.1. The molecular weight excluding hydrogens is 432 g/mol. The number of aliphatic hydroxyl groups excluding tert-OH is 1. The number of ether oxygens (including phenoxy) is 1. The number of aliphatic hydroxyl groups is 1. The van der Waals surface area contributed by atoms with Gasteiger partial charge in [0.05, 0.1) is 18.9 Å². The first kappa shape index (κ1) is 30.8. The maximum atomic E-state index is 12.0. The largest absolute Gasteiger partial charge is 0.481 e. The molecule has 9 nitrogen and oxygen atoms in total. The molecule has 0 aromatic heterocycles. The predicted octanol–water partition coefficient (Wildman–Crippen LogP) is 4.53. The van der Waals surface area contributed by atoms with Crippen molar-refractivity contribution >= 4 is 23.9 Å². The van der Waals surface area contributed by atoms with Gasteiger partial charge in [0.1, 0.15) is 0 Å². The summed E-state index contributed by atoms with van der Waals surface area (Å²) in [5.41, 5.74) is -2.60. The monoisotopic (exact) mass is 474 g/mol. The van der Waals surface area contributed by atoms with Crippen LogP contribution < -0.4 is 0 Å². The fourth-order valence-electron chi connectivity index (χ4n) is 3.75. The van der Waals surface area contributed by atoms with Crippen LogP contribution in [0.3, 0.4) is 0 Å². The summed E-state index contributed by atoms with van der Waals surface area (Å²) >= 11 is 0. The molecule has 1 atom stereocenters. The molecule has 0 aromatic carbocycles. The van der Waals surface area contributed by atoms with E-state index in [0.717, 1.165) is 64.2 Å². The van der Waals surface area contributed by atoms with Gasteiger partial charge in [-0.3, -0.25) is 14.4 Å². The molecule has 0 rings (SSSR count). The second-order valence-corrected chi connectivity index (χ2v) is 8.78. The summed E-state index contributed by atoms with van der Waals surface area (Å²) in [4.78, 5) is 45.3. The van der Waals surface area contributed by atoms with Crippen LogP contribution in [0.5, 0.6) is 0 Å². The lowest BCUT2D eigenvalue weighted by Gasteiger charge is -2.26. The summed E-state index contributed by atoms with van der Waals surface area (Å²) in [5, 5.41) is 37.0. The van der Waals surface area contributed by atoms with Gasteiger partial charge in [-0.25, -0.2) is 4.79 Å². The Kier molecular flexibility index (Phi) is 17.1. The SMILES string of the molecule is CCCCCCC(O)CCCCCCCCCCC(=O)OC(CC(=O)O)(CC(=O)O)C(=O)O. The predicted molar refractivity (Wildman–Crippen MR) is 122 cm³/mol. The highest BCUT2D eigenvalue weighted by Gasteiger charge is 2.47. The molecule has 4 N–H and O–H groups in total. The molecule has 0 heterocycles. The Morgan fingerprint density at radius 2 is 1.12 bits per heavy atom. The molecule has 0 aliphatic carbocycles. The van der Waals surface area contributed by atoms with Crippen LogP contribution in [0.4, 0.5) is 0 Å². The third-order valence-corrected chi connectivity index (χ3v) is 5.63. The Morgan fingerprint density at radius 1 is 0.697 bits per heavy atom. The van der Waals surface area contributed by atoms with Gasteiger partial charge in [0, 0.05) is 6.42 Å². The van der Waals surface area contributed by atoms with E-state index in [9.17, 15) is 29.4 Å². The molecule has 0 aliphatic heterocycles. The minimum Gasteiger partial charge on any atom is -0.481 e. The van der Waals surface area contributed by atoms with E-state index in [2.05, 4.69) is 6.92 Å². The van der Waals surface area contributed by atoms with E-state index in [1.165, 1.54) is 19.3 Å².